The molecule has 2 atom stereocenters. The Morgan fingerprint density at radius 1 is 1.05 bits per heavy atom. The highest BCUT2D eigenvalue weighted by Crippen LogP contribution is 2.43. The number of carbonyl (C=O) groups excluding carboxylic acids is 1. The second-order valence-electron chi connectivity index (χ2n) is 10.0. The maximum absolute atomic E-state index is 12.3. The molecule has 1 aliphatic rings. The number of anilines is 3. The third-order valence-electron chi connectivity index (χ3n) is 6.84. The van der Waals surface area contributed by atoms with Gasteiger partial charge in [-0.3, -0.25) is 9.78 Å². The highest BCUT2D eigenvalue weighted by molar-refractivity contribution is 7.80. The molecule has 200 valence electrons. The molecule has 0 aliphatic carbocycles. The van der Waals surface area contributed by atoms with Crippen molar-refractivity contribution < 1.29 is 4.79 Å². The number of thiocarbonyl (C=S) groups is 1. The van der Waals surface area contributed by atoms with Crippen LogP contribution in [0.25, 0.3) is 5.69 Å². The summed E-state index contributed by atoms with van der Waals surface area (Å²) in [6.45, 7) is 3.69. The lowest BCUT2D eigenvalue weighted by atomic mass is 10.0. The van der Waals surface area contributed by atoms with Gasteiger partial charge in [0.15, 0.2) is 5.11 Å². The first-order chi connectivity index (χ1) is 18.7. The van der Waals surface area contributed by atoms with Gasteiger partial charge in [-0.1, -0.05) is 31.5 Å². The summed E-state index contributed by atoms with van der Waals surface area (Å²) in [6.07, 6.45) is 3.86. The predicted molar refractivity (Wildman–Crippen MR) is 163 cm³/mol. The first kappa shape index (κ1) is 26.7. The summed E-state index contributed by atoms with van der Waals surface area (Å²) in [4.78, 5) is 21.1. The lowest BCUT2D eigenvalue weighted by molar-refractivity contribution is -0.118. The molecule has 2 aromatic heterocycles. The van der Waals surface area contributed by atoms with E-state index in [2.05, 4.69) is 66.5 Å². The third-order valence-corrected chi connectivity index (χ3v) is 7.47. The van der Waals surface area contributed by atoms with Crippen LogP contribution in [0, 0.1) is 5.92 Å². The lowest BCUT2D eigenvalue weighted by Gasteiger charge is -2.29. The van der Waals surface area contributed by atoms with E-state index < -0.39 is 0 Å². The number of rotatable bonds is 7. The molecule has 1 amide bonds. The molecular formula is C30H31ClN6OS. The van der Waals surface area contributed by atoms with Crippen molar-refractivity contribution in [2.45, 2.75) is 25.9 Å². The van der Waals surface area contributed by atoms with Crippen molar-refractivity contribution in [3.05, 3.63) is 102 Å². The Bertz CT molecular complexity index is 1490. The van der Waals surface area contributed by atoms with E-state index in [0.717, 1.165) is 28.5 Å². The first-order valence-electron chi connectivity index (χ1n) is 12.8. The fourth-order valence-electron chi connectivity index (χ4n) is 4.75. The van der Waals surface area contributed by atoms with Gasteiger partial charge < -0.3 is 25.0 Å². The molecule has 1 saturated heterocycles. The normalized spacial score (nSPS) is 16.9. The molecular weight excluding hydrogens is 528 g/mol. The summed E-state index contributed by atoms with van der Waals surface area (Å²) in [5.41, 5.74) is 5.49. The van der Waals surface area contributed by atoms with Crippen molar-refractivity contribution in [1.29, 1.82) is 0 Å². The lowest BCUT2D eigenvalue weighted by Crippen LogP contribution is -2.30. The van der Waals surface area contributed by atoms with E-state index in [0.29, 0.717) is 15.8 Å². The van der Waals surface area contributed by atoms with Crippen LogP contribution in [0.3, 0.4) is 0 Å². The van der Waals surface area contributed by atoms with Crippen molar-refractivity contribution in [3.63, 3.8) is 0 Å². The fraction of sp³-hybridized carbons (Fsp3) is 0.233. The van der Waals surface area contributed by atoms with Gasteiger partial charge in [0.2, 0.25) is 5.91 Å². The summed E-state index contributed by atoms with van der Waals surface area (Å²) in [5, 5.41) is 7.42. The molecule has 4 aromatic rings. The summed E-state index contributed by atoms with van der Waals surface area (Å²) in [6, 6.07) is 23.7. The highest BCUT2D eigenvalue weighted by atomic mass is 35.5. The van der Waals surface area contributed by atoms with Gasteiger partial charge in [0, 0.05) is 55.2 Å². The minimum atomic E-state index is -0.219. The van der Waals surface area contributed by atoms with Crippen molar-refractivity contribution in [1.82, 2.24) is 14.9 Å². The van der Waals surface area contributed by atoms with E-state index in [1.165, 1.54) is 0 Å². The topological polar surface area (TPSA) is 65.4 Å². The Kier molecular flexibility index (Phi) is 7.59. The molecule has 0 spiro atoms. The van der Waals surface area contributed by atoms with Gasteiger partial charge >= 0.3 is 0 Å². The van der Waals surface area contributed by atoms with Crippen LogP contribution in [-0.4, -0.2) is 34.7 Å². The number of carbonyl (C=O) groups is 1. The van der Waals surface area contributed by atoms with Crippen molar-refractivity contribution >= 4 is 51.9 Å². The Morgan fingerprint density at radius 3 is 2.44 bits per heavy atom. The molecule has 9 heteroatoms. The maximum atomic E-state index is 12.3. The zero-order valence-corrected chi connectivity index (χ0v) is 23.9. The van der Waals surface area contributed by atoms with Crippen LogP contribution in [0.1, 0.15) is 37.3 Å². The van der Waals surface area contributed by atoms with Gasteiger partial charge in [0.25, 0.3) is 0 Å². The summed E-state index contributed by atoms with van der Waals surface area (Å²) >= 11 is 12.6. The number of hydrogen-bond acceptors (Lipinski definition) is 4. The standard InChI is InChI=1S/C30H31ClN6OS/c1-19(2)29(38)33-24-15-14-22(18-23(24)31)37-28(27(34-30(37)39)25-8-5-6-16-32-25)26-9-7-17-36(26)21-12-10-20(11-13-21)35(3)4/h5-19,27-28H,1-4H3,(H,33,38)(H,34,39)/t27-,28+/m1/s1. The number of pyridine rings is 1. The quantitative estimate of drug-likeness (QED) is 0.257. The molecule has 39 heavy (non-hydrogen) atoms. The second-order valence-corrected chi connectivity index (χ2v) is 10.8. The molecule has 3 heterocycles. The van der Waals surface area contributed by atoms with Crippen LogP contribution in [0.2, 0.25) is 5.02 Å². The maximum Gasteiger partial charge on any atom is 0.226 e. The monoisotopic (exact) mass is 558 g/mol. The number of hydrogen-bond donors (Lipinski definition) is 2. The molecule has 2 N–H and O–H groups in total. The van der Waals surface area contributed by atoms with E-state index in [1.54, 1.807) is 6.20 Å². The van der Waals surface area contributed by atoms with E-state index in [4.69, 9.17) is 23.8 Å². The van der Waals surface area contributed by atoms with Crippen LogP contribution in [0.15, 0.2) is 85.2 Å². The third kappa shape index (κ3) is 5.35. The van der Waals surface area contributed by atoms with Crippen LogP contribution in [0.4, 0.5) is 17.1 Å². The van der Waals surface area contributed by atoms with Gasteiger partial charge in [-0.15, -0.1) is 0 Å². The number of amides is 1. The molecule has 1 aliphatic heterocycles. The molecule has 1 fully saturated rings. The minimum absolute atomic E-state index is 0.0887. The predicted octanol–water partition coefficient (Wildman–Crippen LogP) is 6.36. The number of benzene rings is 2. The largest absolute Gasteiger partial charge is 0.378 e. The Hall–Kier alpha value is -3.88. The van der Waals surface area contributed by atoms with E-state index in [1.807, 2.05) is 70.4 Å². The molecule has 0 radical (unpaired) electrons. The van der Waals surface area contributed by atoms with Crippen LogP contribution in [-0.2, 0) is 4.79 Å². The van der Waals surface area contributed by atoms with Crippen LogP contribution >= 0.6 is 23.8 Å². The summed E-state index contributed by atoms with van der Waals surface area (Å²) < 4.78 is 2.18. The molecule has 7 nitrogen and oxygen atoms in total. The van der Waals surface area contributed by atoms with Gasteiger partial charge in [0.05, 0.1) is 22.4 Å². The van der Waals surface area contributed by atoms with Crippen molar-refractivity contribution in [2.75, 3.05) is 29.2 Å². The van der Waals surface area contributed by atoms with Gasteiger partial charge in [-0.25, -0.2) is 0 Å². The average molecular weight is 559 g/mol. The fourth-order valence-corrected chi connectivity index (χ4v) is 5.32. The van der Waals surface area contributed by atoms with E-state index in [9.17, 15) is 4.79 Å². The van der Waals surface area contributed by atoms with Gasteiger partial charge in [-0.05, 0) is 78.9 Å². The molecule has 0 unspecified atom stereocenters. The smallest absolute Gasteiger partial charge is 0.226 e. The molecule has 5 rings (SSSR count). The van der Waals surface area contributed by atoms with E-state index in [-0.39, 0.29) is 23.9 Å². The van der Waals surface area contributed by atoms with Gasteiger partial charge in [0.1, 0.15) is 6.04 Å². The second kappa shape index (κ2) is 11.1. The summed E-state index contributed by atoms with van der Waals surface area (Å²) in [5.74, 6) is -0.242. The average Bonchev–Trinajstić information content (AvgIpc) is 3.54. The number of aromatic nitrogens is 2. The van der Waals surface area contributed by atoms with Gasteiger partial charge in [-0.2, -0.15) is 0 Å². The highest BCUT2D eigenvalue weighted by Gasteiger charge is 2.42. The SMILES string of the molecule is CC(C)C(=O)Nc1ccc(N2C(=S)N[C@H](c3ccccn3)[C@@H]2c2cccn2-c2ccc(N(C)C)cc2)cc1Cl. The number of nitrogens with zero attached hydrogens (tertiary/aromatic N) is 4. The molecule has 2 aromatic carbocycles. The Balaban J connectivity index is 1.58. The number of nitrogens with one attached hydrogen (secondary N) is 2. The Morgan fingerprint density at radius 2 is 1.79 bits per heavy atom. The minimum Gasteiger partial charge on any atom is -0.378 e. The zero-order chi connectivity index (χ0) is 27.7. The van der Waals surface area contributed by atoms with Crippen LogP contribution in [0.5, 0.6) is 0 Å². The van der Waals surface area contributed by atoms with E-state index >= 15 is 0 Å². The first-order valence-corrected chi connectivity index (χ1v) is 13.6. The van der Waals surface area contributed by atoms with Crippen molar-refractivity contribution in [3.8, 4) is 5.69 Å². The van der Waals surface area contributed by atoms with Crippen LogP contribution < -0.4 is 20.4 Å². The van der Waals surface area contributed by atoms with Crippen molar-refractivity contribution in [2.24, 2.45) is 5.92 Å². The zero-order valence-electron chi connectivity index (χ0n) is 22.3. The summed E-state index contributed by atoms with van der Waals surface area (Å²) in [7, 11) is 4.06. The number of halogens is 1. The molecule has 0 saturated carbocycles. The molecule has 0 bridgehead atoms. The Labute approximate surface area is 239 Å².